The van der Waals surface area contributed by atoms with Gasteiger partial charge in [0.25, 0.3) is 0 Å². The first-order valence-corrected chi connectivity index (χ1v) is 5.79. The number of nitrogens with one attached hydrogen (secondary N) is 1. The van der Waals surface area contributed by atoms with Crippen LogP contribution in [0.25, 0.3) is 0 Å². The zero-order chi connectivity index (χ0) is 10.8. The Hall–Kier alpha value is -1.02. The molecular formula is C13H20N2. The van der Waals surface area contributed by atoms with Crippen molar-refractivity contribution in [2.45, 2.75) is 38.6 Å². The average molecular weight is 204 g/mol. The highest BCUT2D eigenvalue weighted by molar-refractivity contribution is 5.55. The highest BCUT2D eigenvalue weighted by atomic mass is 14.9. The maximum atomic E-state index is 6.04. The minimum atomic E-state index is 0.555. The molecular weight excluding hydrogens is 184 g/mol. The van der Waals surface area contributed by atoms with E-state index in [2.05, 4.69) is 31.3 Å². The van der Waals surface area contributed by atoms with Crippen LogP contribution in [0, 0.1) is 0 Å². The second-order valence-electron chi connectivity index (χ2n) is 4.72. The highest BCUT2D eigenvalue weighted by Gasteiger charge is 2.24. The van der Waals surface area contributed by atoms with Crippen molar-refractivity contribution in [3.05, 3.63) is 29.3 Å². The van der Waals surface area contributed by atoms with Crippen LogP contribution in [0.5, 0.6) is 0 Å². The highest BCUT2D eigenvalue weighted by Crippen LogP contribution is 2.36. The molecule has 0 heterocycles. The van der Waals surface area contributed by atoms with E-state index in [-0.39, 0.29) is 0 Å². The summed E-state index contributed by atoms with van der Waals surface area (Å²) in [6.45, 7) is 5.42. The van der Waals surface area contributed by atoms with Crippen molar-refractivity contribution in [1.29, 1.82) is 0 Å². The van der Waals surface area contributed by atoms with Crippen LogP contribution in [0.3, 0.4) is 0 Å². The molecule has 0 radical (unpaired) electrons. The molecule has 0 saturated carbocycles. The van der Waals surface area contributed by atoms with Crippen molar-refractivity contribution in [2.75, 3.05) is 12.3 Å². The lowest BCUT2D eigenvalue weighted by Crippen LogP contribution is -2.27. The Morgan fingerprint density at radius 2 is 2.27 bits per heavy atom. The lowest BCUT2D eigenvalue weighted by molar-refractivity contribution is 0.527. The predicted octanol–water partition coefficient (Wildman–Crippen LogP) is 2.30. The molecule has 1 aromatic rings. The van der Waals surface area contributed by atoms with Crippen LogP contribution in [0.15, 0.2) is 18.2 Å². The molecule has 2 rings (SSSR count). The van der Waals surface area contributed by atoms with Crippen molar-refractivity contribution in [1.82, 2.24) is 5.32 Å². The molecule has 1 aliphatic rings. The Balaban J connectivity index is 2.13. The number of nitrogens with two attached hydrogens (primary N) is 1. The van der Waals surface area contributed by atoms with Crippen LogP contribution in [-0.2, 0) is 6.42 Å². The van der Waals surface area contributed by atoms with Crippen LogP contribution in [-0.4, -0.2) is 12.6 Å². The lowest BCUT2D eigenvalue weighted by Gasteiger charge is -2.16. The first-order valence-electron chi connectivity index (χ1n) is 5.79. The molecule has 0 spiro atoms. The fraction of sp³-hybridized carbons (Fsp3) is 0.538. The van der Waals surface area contributed by atoms with Gasteiger partial charge in [0.05, 0.1) is 0 Å². The minimum Gasteiger partial charge on any atom is -0.398 e. The largest absolute Gasteiger partial charge is 0.398 e. The number of benzene rings is 1. The summed E-state index contributed by atoms with van der Waals surface area (Å²) in [6, 6.07) is 6.85. The van der Waals surface area contributed by atoms with E-state index >= 15 is 0 Å². The van der Waals surface area contributed by atoms with E-state index in [9.17, 15) is 0 Å². The Kier molecular flexibility index (Phi) is 2.96. The maximum Gasteiger partial charge on any atom is 0.0352 e. The third-order valence-electron chi connectivity index (χ3n) is 3.17. The summed E-state index contributed by atoms with van der Waals surface area (Å²) < 4.78 is 0. The lowest BCUT2D eigenvalue weighted by atomic mass is 9.99. The summed E-state index contributed by atoms with van der Waals surface area (Å²) in [4.78, 5) is 0. The standard InChI is InChI=1S/C13H20N2/c1-9(2)15-8-11-7-6-10-4-3-5-12(14)13(10)11/h3-5,9,11,15H,6-8,14H2,1-2H3. The summed E-state index contributed by atoms with van der Waals surface area (Å²) in [5, 5.41) is 3.50. The van der Waals surface area contributed by atoms with Crippen molar-refractivity contribution in [2.24, 2.45) is 0 Å². The van der Waals surface area contributed by atoms with E-state index < -0.39 is 0 Å². The Morgan fingerprint density at radius 3 is 3.00 bits per heavy atom. The molecule has 1 aromatic carbocycles. The molecule has 0 aliphatic heterocycles. The number of anilines is 1. The van der Waals surface area contributed by atoms with Gasteiger partial charge in [0.2, 0.25) is 0 Å². The van der Waals surface area contributed by atoms with Gasteiger partial charge in [-0.25, -0.2) is 0 Å². The number of hydrogen-bond donors (Lipinski definition) is 2. The molecule has 0 amide bonds. The summed E-state index contributed by atoms with van der Waals surface area (Å²) in [7, 11) is 0. The number of nitrogen functional groups attached to an aromatic ring is 1. The molecule has 1 aliphatic carbocycles. The number of aryl methyl sites for hydroxylation is 1. The summed E-state index contributed by atoms with van der Waals surface area (Å²) in [6.07, 6.45) is 2.42. The predicted molar refractivity (Wildman–Crippen MR) is 65.1 cm³/mol. The maximum absolute atomic E-state index is 6.04. The smallest absolute Gasteiger partial charge is 0.0352 e. The molecule has 0 saturated heterocycles. The number of rotatable bonds is 3. The molecule has 0 fully saturated rings. The molecule has 1 unspecified atom stereocenters. The van der Waals surface area contributed by atoms with E-state index in [4.69, 9.17) is 5.73 Å². The van der Waals surface area contributed by atoms with E-state index in [0.717, 1.165) is 12.2 Å². The van der Waals surface area contributed by atoms with Gasteiger partial charge in [-0.05, 0) is 36.0 Å². The quantitative estimate of drug-likeness (QED) is 0.741. The third kappa shape index (κ3) is 2.15. The average Bonchev–Trinajstić information content (AvgIpc) is 2.59. The van der Waals surface area contributed by atoms with Gasteiger partial charge in [0.15, 0.2) is 0 Å². The third-order valence-corrected chi connectivity index (χ3v) is 3.17. The molecule has 0 bridgehead atoms. The summed E-state index contributed by atoms with van der Waals surface area (Å²) in [5.41, 5.74) is 9.86. The molecule has 15 heavy (non-hydrogen) atoms. The number of hydrogen-bond acceptors (Lipinski definition) is 2. The topological polar surface area (TPSA) is 38.0 Å². The molecule has 82 valence electrons. The van der Waals surface area contributed by atoms with Crippen molar-refractivity contribution in [3.63, 3.8) is 0 Å². The van der Waals surface area contributed by atoms with Crippen LogP contribution >= 0.6 is 0 Å². The molecule has 1 atom stereocenters. The van der Waals surface area contributed by atoms with Crippen LogP contribution < -0.4 is 11.1 Å². The monoisotopic (exact) mass is 204 g/mol. The zero-order valence-corrected chi connectivity index (χ0v) is 9.59. The first-order chi connectivity index (χ1) is 7.18. The summed E-state index contributed by atoms with van der Waals surface area (Å²) in [5.74, 6) is 0.614. The molecule has 2 heteroatoms. The van der Waals surface area contributed by atoms with Gasteiger partial charge in [-0.15, -0.1) is 0 Å². The van der Waals surface area contributed by atoms with Gasteiger partial charge in [0, 0.05) is 18.3 Å². The number of fused-ring (bicyclic) bond motifs is 1. The fourth-order valence-corrected chi connectivity index (χ4v) is 2.40. The first kappa shape index (κ1) is 10.5. The van der Waals surface area contributed by atoms with Crippen LogP contribution in [0.2, 0.25) is 0 Å². The van der Waals surface area contributed by atoms with E-state index in [1.807, 2.05) is 6.07 Å². The van der Waals surface area contributed by atoms with Crippen LogP contribution in [0.1, 0.15) is 37.3 Å². The van der Waals surface area contributed by atoms with Crippen molar-refractivity contribution < 1.29 is 0 Å². The zero-order valence-electron chi connectivity index (χ0n) is 9.59. The Bertz CT molecular complexity index is 344. The Morgan fingerprint density at radius 1 is 1.47 bits per heavy atom. The molecule has 0 aromatic heterocycles. The molecule has 3 N–H and O–H groups in total. The van der Waals surface area contributed by atoms with E-state index in [1.54, 1.807) is 0 Å². The normalized spacial score (nSPS) is 19.5. The van der Waals surface area contributed by atoms with Gasteiger partial charge in [0.1, 0.15) is 0 Å². The van der Waals surface area contributed by atoms with E-state index in [1.165, 1.54) is 24.0 Å². The van der Waals surface area contributed by atoms with Gasteiger partial charge < -0.3 is 11.1 Å². The van der Waals surface area contributed by atoms with Crippen molar-refractivity contribution in [3.8, 4) is 0 Å². The van der Waals surface area contributed by atoms with Gasteiger partial charge >= 0.3 is 0 Å². The molecule has 2 nitrogen and oxygen atoms in total. The van der Waals surface area contributed by atoms with Crippen LogP contribution in [0.4, 0.5) is 5.69 Å². The van der Waals surface area contributed by atoms with Gasteiger partial charge in [-0.2, -0.15) is 0 Å². The summed E-state index contributed by atoms with van der Waals surface area (Å²) >= 11 is 0. The SMILES string of the molecule is CC(C)NCC1CCc2cccc(N)c21. The Labute approximate surface area is 91.9 Å². The second kappa shape index (κ2) is 4.23. The van der Waals surface area contributed by atoms with Gasteiger partial charge in [-0.1, -0.05) is 26.0 Å². The minimum absolute atomic E-state index is 0.555. The van der Waals surface area contributed by atoms with Gasteiger partial charge in [-0.3, -0.25) is 0 Å². The second-order valence-corrected chi connectivity index (χ2v) is 4.72. The van der Waals surface area contributed by atoms with E-state index in [0.29, 0.717) is 12.0 Å². The van der Waals surface area contributed by atoms with Crippen molar-refractivity contribution >= 4 is 5.69 Å². The fourth-order valence-electron chi connectivity index (χ4n) is 2.40.